The Morgan fingerprint density at radius 2 is 2.00 bits per heavy atom. The number of carbonyl (C=O) groups is 3. The van der Waals surface area contributed by atoms with Gasteiger partial charge in [0.1, 0.15) is 12.1 Å². The number of benzene rings is 1. The fourth-order valence-electron chi connectivity index (χ4n) is 3.51. The molecule has 1 aliphatic heterocycles. The van der Waals surface area contributed by atoms with E-state index in [1.807, 2.05) is 12.1 Å². The number of imide groups is 1. The maximum atomic E-state index is 12.8. The Balaban J connectivity index is 1.57. The van der Waals surface area contributed by atoms with Gasteiger partial charge in [-0.25, -0.2) is 4.79 Å². The predicted molar refractivity (Wildman–Crippen MR) is 106 cm³/mol. The van der Waals surface area contributed by atoms with Crippen LogP contribution < -0.4 is 10.6 Å². The van der Waals surface area contributed by atoms with Crippen molar-refractivity contribution >= 4 is 33.8 Å². The summed E-state index contributed by atoms with van der Waals surface area (Å²) in [5.74, 6) is -0.741. The van der Waals surface area contributed by atoms with E-state index in [0.717, 1.165) is 28.6 Å². The molecule has 1 heterocycles. The molecule has 1 fully saturated rings. The minimum atomic E-state index is -1.16. The van der Waals surface area contributed by atoms with Crippen LogP contribution in [0.5, 0.6) is 0 Å². The van der Waals surface area contributed by atoms with E-state index in [4.69, 9.17) is 0 Å². The fraction of sp³-hybridized carbons (Fsp3) is 0.450. The molecule has 1 atom stereocenters. The summed E-state index contributed by atoms with van der Waals surface area (Å²) in [6.45, 7) is 1.91. The summed E-state index contributed by atoms with van der Waals surface area (Å²) in [4.78, 5) is 38.3. The monoisotopic (exact) mass is 433 g/mol. The van der Waals surface area contributed by atoms with Crippen molar-refractivity contribution in [3.05, 3.63) is 46.0 Å². The molecule has 1 saturated heterocycles. The highest BCUT2D eigenvalue weighted by Crippen LogP contribution is 2.29. The molecule has 4 amide bonds. The molecule has 1 aromatic carbocycles. The Morgan fingerprint density at radius 1 is 1.26 bits per heavy atom. The summed E-state index contributed by atoms with van der Waals surface area (Å²) >= 11 is 3.36. The highest BCUT2D eigenvalue weighted by atomic mass is 79.9. The lowest BCUT2D eigenvalue weighted by Gasteiger charge is -2.22. The Morgan fingerprint density at radius 3 is 2.67 bits per heavy atom. The Labute approximate surface area is 167 Å². The van der Waals surface area contributed by atoms with Gasteiger partial charge in [-0.2, -0.15) is 0 Å². The number of hydrogen-bond donors (Lipinski definition) is 2. The van der Waals surface area contributed by atoms with E-state index in [1.54, 1.807) is 19.1 Å². The van der Waals surface area contributed by atoms with Crippen LogP contribution in [-0.4, -0.2) is 35.8 Å². The van der Waals surface area contributed by atoms with E-state index in [1.165, 1.54) is 18.4 Å². The van der Waals surface area contributed by atoms with Gasteiger partial charge in [0.25, 0.3) is 5.91 Å². The van der Waals surface area contributed by atoms with Crippen LogP contribution in [0.15, 0.2) is 40.4 Å². The van der Waals surface area contributed by atoms with Crippen LogP contribution in [0.4, 0.5) is 4.79 Å². The van der Waals surface area contributed by atoms with Crippen molar-refractivity contribution in [1.82, 2.24) is 15.5 Å². The maximum absolute atomic E-state index is 12.8. The number of urea groups is 1. The molecule has 1 aliphatic carbocycles. The molecule has 3 rings (SSSR count). The second-order valence-corrected chi connectivity index (χ2v) is 8.08. The molecule has 0 radical (unpaired) electrons. The summed E-state index contributed by atoms with van der Waals surface area (Å²) in [5, 5.41) is 5.52. The summed E-state index contributed by atoms with van der Waals surface area (Å²) < 4.78 is 0.885. The number of amides is 4. The summed E-state index contributed by atoms with van der Waals surface area (Å²) in [7, 11) is 0. The third kappa shape index (κ3) is 4.40. The Bertz CT molecular complexity index is 775. The van der Waals surface area contributed by atoms with Gasteiger partial charge in [0, 0.05) is 11.0 Å². The number of hydrogen-bond acceptors (Lipinski definition) is 3. The highest BCUT2D eigenvalue weighted by molar-refractivity contribution is 9.10. The van der Waals surface area contributed by atoms with Crippen molar-refractivity contribution in [3.8, 4) is 0 Å². The van der Waals surface area contributed by atoms with Crippen molar-refractivity contribution in [2.24, 2.45) is 0 Å². The first-order valence-electron chi connectivity index (χ1n) is 9.25. The fourth-order valence-corrected chi connectivity index (χ4v) is 3.78. The molecule has 6 nitrogen and oxygen atoms in total. The minimum Gasteiger partial charge on any atom is -0.354 e. The number of allylic oxidation sites excluding steroid dienone is 1. The lowest BCUT2D eigenvalue weighted by molar-refractivity contribution is -0.134. The molecule has 7 heteroatoms. The van der Waals surface area contributed by atoms with Crippen molar-refractivity contribution in [1.29, 1.82) is 0 Å². The van der Waals surface area contributed by atoms with E-state index in [9.17, 15) is 14.4 Å². The van der Waals surface area contributed by atoms with Crippen molar-refractivity contribution in [2.45, 2.75) is 44.6 Å². The average Bonchev–Trinajstić information content (AvgIpc) is 2.87. The van der Waals surface area contributed by atoms with E-state index in [-0.39, 0.29) is 12.5 Å². The molecule has 0 saturated carbocycles. The zero-order valence-corrected chi connectivity index (χ0v) is 17.0. The first kappa shape index (κ1) is 19.6. The van der Waals surface area contributed by atoms with E-state index >= 15 is 0 Å². The number of rotatable bonds is 6. The van der Waals surface area contributed by atoms with E-state index in [0.29, 0.717) is 12.1 Å². The molecule has 27 heavy (non-hydrogen) atoms. The molecular weight excluding hydrogens is 410 g/mol. The van der Waals surface area contributed by atoms with Crippen molar-refractivity contribution in [3.63, 3.8) is 0 Å². The number of nitrogens with zero attached hydrogens (tertiary/aromatic N) is 1. The van der Waals surface area contributed by atoms with Gasteiger partial charge in [-0.1, -0.05) is 39.7 Å². The maximum Gasteiger partial charge on any atom is 0.325 e. The first-order chi connectivity index (χ1) is 12.9. The van der Waals surface area contributed by atoms with Gasteiger partial charge < -0.3 is 10.6 Å². The lowest BCUT2D eigenvalue weighted by atomic mass is 9.92. The zero-order chi connectivity index (χ0) is 19.4. The summed E-state index contributed by atoms with van der Waals surface area (Å²) in [6.07, 6.45) is 7.71. The van der Waals surface area contributed by atoms with Crippen molar-refractivity contribution in [2.75, 3.05) is 13.1 Å². The third-order valence-corrected chi connectivity index (χ3v) is 5.68. The van der Waals surface area contributed by atoms with Crippen LogP contribution in [-0.2, 0) is 15.1 Å². The topological polar surface area (TPSA) is 78.5 Å². The highest BCUT2D eigenvalue weighted by Gasteiger charge is 2.49. The van der Waals surface area contributed by atoms with Crippen LogP contribution in [0.2, 0.25) is 0 Å². The SMILES string of the molecule is C[C@]1(c2ccc(Br)cc2)NC(=O)N(CC(=O)NCCC2=CCCCC2)C1=O. The lowest BCUT2D eigenvalue weighted by Crippen LogP contribution is -2.43. The summed E-state index contributed by atoms with van der Waals surface area (Å²) in [6, 6.07) is 6.65. The van der Waals surface area contributed by atoms with Crippen LogP contribution in [0, 0.1) is 0 Å². The second-order valence-electron chi connectivity index (χ2n) is 7.16. The molecular formula is C20H24BrN3O3. The van der Waals surface area contributed by atoms with Crippen LogP contribution in [0.3, 0.4) is 0 Å². The van der Waals surface area contributed by atoms with Gasteiger partial charge in [-0.3, -0.25) is 14.5 Å². The minimum absolute atomic E-state index is 0.268. The van der Waals surface area contributed by atoms with Crippen molar-refractivity contribution < 1.29 is 14.4 Å². The van der Waals surface area contributed by atoms with Gasteiger partial charge in [0.05, 0.1) is 0 Å². The number of nitrogens with one attached hydrogen (secondary N) is 2. The first-order valence-corrected chi connectivity index (χ1v) is 10.0. The third-order valence-electron chi connectivity index (χ3n) is 5.15. The molecule has 0 bridgehead atoms. The smallest absolute Gasteiger partial charge is 0.325 e. The standard InChI is InChI=1S/C20H24BrN3O3/c1-20(15-7-9-16(21)10-8-15)18(26)24(19(27)23-20)13-17(25)22-12-11-14-5-3-2-4-6-14/h5,7-10H,2-4,6,11-13H2,1H3,(H,22,25)(H,23,27)/t20-/m1/s1. The van der Waals surface area contributed by atoms with Gasteiger partial charge in [0.15, 0.2) is 0 Å². The molecule has 0 aromatic heterocycles. The molecule has 0 spiro atoms. The molecule has 2 aliphatic rings. The van der Waals surface area contributed by atoms with Gasteiger partial charge >= 0.3 is 6.03 Å². The summed E-state index contributed by atoms with van der Waals surface area (Å²) in [5.41, 5.74) is 0.890. The van der Waals surface area contributed by atoms with E-state index in [2.05, 4.69) is 32.6 Å². The largest absolute Gasteiger partial charge is 0.354 e. The molecule has 144 valence electrons. The Hall–Kier alpha value is -2.15. The number of carbonyl (C=O) groups excluding carboxylic acids is 3. The van der Waals surface area contributed by atoms with Gasteiger partial charge in [0.2, 0.25) is 5.91 Å². The van der Waals surface area contributed by atoms with Gasteiger partial charge in [-0.05, 0) is 56.7 Å². The van der Waals surface area contributed by atoms with Gasteiger partial charge in [-0.15, -0.1) is 0 Å². The van der Waals surface area contributed by atoms with Crippen LogP contribution >= 0.6 is 15.9 Å². The molecule has 2 N–H and O–H groups in total. The zero-order valence-electron chi connectivity index (χ0n) is 15.4. The molecule has 1 aromatic rings. The van der Waals surface area contributed by atoms with E-state index < -0.39 is 17.5 Å². The normalized spacial score (nSPS) is 22.4. The predicted octanol–water partition coefficient (Wildman–Crippen LogP) is 3.22. The van der Waals surface area contributed by atoms with Crippen LogP contribution in [0.25, 0.3) is 0 Å². The van der Waals surface area contributed by atoms with Crippen LogP contribution in [0.1, 0.15) is 44.6 Å². The average molecular weight is 434 g/mol. The second kappa shape index (κ2) is 8.25. The Kier molecular flexibility index (Phi) is 5.99. The molecule has 0 unspecified atom stereocenters. The number of halogens is 1. The quantitative estimate of drug-likeness (QED) is 0.533.